The van der Waals surface area contributed by atoms with Crippen LogP contribution in [-0.2, 0) is 19.6 Å². The monoisotopic (exact) mass is 365 g/mol. The van der Waals surface area contributed by atoms with Gasteiger partial charge in [0.15, 0.2) is 6.61 Å². The van der Waals surface area contributed by atoms with E-state index in [1.807, 2.05) is 4.90 Å². The molecule has 1 aromatic rings. The van der Waals surface area contributed by atoms with Crippen molar-refractivity contribution >= 4 is 33.4 Å². The molecule has 0 spiro atoms. The Morgan fingerprint density at radius 1 is 1.28 bits per heavy atom. The van der Waals surface area contributed by atoms with Gasteiger partial charge >= 0.3 is 5.97 Å². The van der Waals surface area contributed by atoms with Crippen LogP contribution in [0.5, 0.6) is 0 Å². The van der Waals surface area contributed by atoms with Gasteiger partial charge in [-0.15, -0.1) is 4.40 Å². The van der Waals surface area contributed by atoms with Crippen molar-refractivity contribution in [2.45, 2.75) is 30.6 Å². The van der Waals surface area contributed by atoms with Crippen LogP contribution in [0.25, 0.3) is 0 Å². The number of nitrogens with zero attached hydrogens (tertiary/aromatic N) is 2. The zero-order valence-electron chi connectivity index (χ0n) is 13.8. The number of amidine groups is 1. The standard InChI is InChI=1S/C16H19N3O5S/c1-17-15(20)10-24-16(21)11-6-7-12-13(9-11)25(22,23)18-14-5-3-2-4-8-19(12)14/h6-7,9H,2-5,8,10H2,1H3,(H,17,20). The second kappa shape index (κ2) is 6.83. The van der Waals surface area contributed by atoms with E-state index in [0.29, 0.717) is 24.5 Å². The van der Waals surface area contributed by atoms with Gasteiger partial charge < -0.3 is 15.0 Å². The summed E-state index contributed by atoms with van der Waals surface area (Å²) < 4.78 is 33.8. The fourth-order valence-electron chi connectivity index (χ4n) is 2.89. The number of benzene rings is 1. The maximum Gasteiger partial charge on any atom is 0.338 e. The van der Waals surface area contributed by atoms with Crippen LogP contribution >= 0.6 is 0 Å². The Bertz CT molecular complexity index is 847. The van der Waals surface area contributed by atoms with E-state index in [-0.39, 0.29) is 10.5 Å². The number of nitrogens with one attached hydrogen (secondary N) is 1. The minimum Gasteiger partial charge on any atom is -0.452 e. The number of hydrogen-bond acceptors (Lipinski definition) is 6. The largest absolute Gasteiger partial charge is 0.452 e. The quantitative estimate of drug-likeness (QED) is 0.804. The number of anilines is 1. The Morgan fingerprint density at radius 3 is 2.84 bits per heavy atom. The van der Waals surface area contributed by atoms with Gasteiger partial charge in [0.2, 0.25) is 0 Å². The Labute approximate surface area is 145 Å². The molecular formula is C16H19N3O5S. The van der Waals surface area contributed by atoms with E-state index in [2.05, 4.69) is 9.71 Å². The first-order valence-corrected chi connectivity index (χ1v) is 9.49. The van der Waals surface area contributed by atoms with Gasteiger partial charge in [-0.05, 0) is 31.0 Å². The van der Waals surface area contributed by atoms with Crippen molar-refractivity contribution in [3.8, 4) is 0 Å². The smallest absolute Gasteiger partial charge is 0.338 e. The lowest BCUT2D eigenvalue weighted by Crippen LogP contribution is -2.35. The fourth-order valence-corrected chi connectivity index (χ4v) is 4.18. The van der Waals surface area contributed by atoms with E-state index in [0.717, 1.165) is 19.3 Å². The van der Waals surface area contributed by atoms with Crippen LogP contribution in [0, 0.1) is 0 Å². The van der Waals surface area contributed by atoms with Gasteiger partial charge in [-0.25, -0.2) is 4.79 Å². The summed E-state index contributed by atoms with van der Waals surface area (Å²) in [5.41, 5.74) is 0.606. The molecule has 1 N–H and O–H groups in total. The molecular weight excluding hydrogens is 346 g/mol. The molecule has 1 amide bonds. The van der Waals surface area contributed by atoms with Crippen LogP contribution in [0.4, 0.5) is 5.69 Å². The van der Waals surface area contributed by atoms with Crippen molar-refractivity contribution in [1.29, 1.82) is 0 Å². The summed E-state index contributed by atoms with van der Waals surface area (Å²) in [6.07, 6.45) is 3.50. The highest BCUT2D eigenvalue weighted by molar-refractivity contribution is 7.90. The second-order valence-electron chi connectivity index (χ2n) is 5.88. The number of hydrogen-bond donors (Lipinski definition) is 1. The minimum atomic E-state index is -3.86. The molecule has 0 aromatic heterocycles. The summed E-state index contributed by atoms with van der Waals surface area (Å²) in [4.78, 5) is 25.1. The molecule has 25 heavy (non-hydrogen) atoms. The Morgan fingerprint density at radius 2 is 2.08 bits per heavy atom. The summed E-state index contributed by atoms with van der Waals surface area (Å²) in [6.45, 7) is 0.273. The topological polar surface area (TPSA) is 105 Å². The highest BCUT2D eigenvalue weighted by atomic mass is 32.2. The Hall–Kier alpha value is -2.42. The Balaban J connectivity index is 1.93. The summed E-state index contributed by atoms with van der Waals surface area (Å²) in [7, 11) is -2.43. The van der Waals surface area contributed by atoms with Crippen molar-refractivity contribution < 1.29 is 22.7 Å². The van der Waals surface area contributed by atoms with Crippen molar-refractivity contribution in [1.82, 2.24) is 5.32 Å². The number of esters is 1. The van der Waals surface area contributed by atoms with Gasteiger partial charge in [0.05, 0.1) is 11.3 Å². The van der Waals surface area contributed by atoms with Crippen molar-refractivity contribution in [2.24, 2.45) is 4.40 Å². The third-order valence-electron chi connectivity index (χ3n) is 4.20. The van der Waals surface area contributed by atoms with E-state index in [4.69, 9.17) is 4.74 Å². The van der Waals surface area contributed by atoms with Crippen LogP contribution in [0.15, 0.2) is 27.5 Å². The van der Waals surface area contributed by atoms with Gasteiger partial charge in [0.25, 0.3) is 15.9 Å². The molecule has 0 unspecified atom stereocenters. The first-order chi connectivity index (χ1) is 11.9. The van der Waals surface area contributed by atoms with Crippen molar-refractivity contribution in [2.75, 3.05) is 25.1 Å². The molecule has 2 aliphatic rings. The van der Waals surface area contributed by atoms with Gasteiger partial charge in [-0.1, -0.05) is 6.42 Å². The van der Waals surface area contributed by atoms with Crippen molar-refractivity contribution in [3.63, 3.8) is 0 Å². The molecule has 8 nitrogen and oxygen atoms in total. The highest BCUT2D eigenvalue weighted by Gasteiger charge is 2.32. The summed E-state index contributed by atoms with van der Waals surface area (Å²) >= 11 is 0. The van der Waals surface area contributed by atoms with Gasteiger partial charge in [-0.3, -0.25) is 4.79 Å². The summed E-state index contributed by atoms with van der Waals surface area (Å²) in [5.74, 6) is -0.648. The molecule has 1 saturated heterocycles. The summed E-state index contributed by atoms with van der Waals surface area (Å²) in [6, 6.07) is 4.37. The molecule has 1 aromatic carbocycles. The van der Waals surface area contributed by atoms with E-state index in [1.54, 1.807) is 6.07 Å². The fraction of sp³-hybridized carbons (Fsp3) is 0.438. The third-order valence-corrected chi connectivity index (χ3v) is 5.53. The number of carbonyl (C=O) groups excluding carboxylic acids is 2. The molecule has 0 atom stereocenters. The maximum absolute atomic E-state index is 12.5. The van der Waals surface area contributed by atoms with Gasteiger partial charge in [0.1, 0.15) is 10.7 Å². The van der Waals surface area contributed by atoms with Crippen LogP contribution in [-0.4, -0.2) is 46.3 Å². The number of carbonyl (C=O) groups is 2. The SMILES string of the molecule is CNC(=O)COC(=O)c1ccc2c(c1)S(=O)(=O)N=C1CCCCCN12. The lowest BCUT2D eigenvalue weighted by Gasteiger charge is -2.29. The average molecular weight is 365 g/mol. The number of fused-ring (bicyclic) bond motifs is 3. The van der Waals surface area contributed by atoms with E-state index < -0.39 is 28.5 Å². The number of sulfonamides is 1. The molecule has 2 aliphatic heterocycles. The second-order valence-corrected chi connectivity index (χ2v) is 7.45. The zero-order valence-corrected chi connectivity index (χ0v) is 14.6. The lowest BCUT2D eigenvalue weighted by atomic mass is 10.2. The Kier molecular flexibility index (Phi) is 4.76. The number of likely N-dealkylation sites (N-methyl/N-ethyl adjacent to an activating group) is 1. The van der Waals surface area contributed by atoms with E-state index in [9.17, 15) is 18.0 Å². The normalized spacial score (nSPS) is 18.3. The number of amides is 1. The lowest BCUT2D eigenvalue weighted by molar-refractivity contribution is -0.123. The molecule has 0 bridgehead atoms. The van der Waals surface area contributed by atoms with Gasteiger partial charge in [0, 0.05) is 20.0 Å². The molecule has 2 heterocycles. The summed E-state index contributed by atoms with van der Waals surface area (Å²) in [5, 5.41) is 2.34. The predicted molar refractivity (Wildman–Crippen MR) is 91.2 cm³/mol. The molecule has 0 radical (unpaired) electrons. The van der Waals surface area contributed by atoms with E-state index >= 15 is 0 Å². The van der Waals surface area contributed by atoms with E-state index in [1.165, 1.54) is 19.2 Å². The van der Waals surface area contributed by atoms with Crippen LogP contribution in [0.1, 0.15) is 36.0 Å². The molecule has 1 fully saturated rings. The van der Waals surface area contributed by atoms with Crippen molar-refractivity contribution in [3.05, 3.63) is 23.8 Å². The number of rotatable bonds is 3. The van der Waals surface area contributed by atoms with Crippen LogP contribution in [0.2, 0.25) is 0 Å². The van der Waals surface area contributed by atoms with Gasteiger partial charge in [-0.2, -0.15) is 8.42 Å². The zero-order chi connectivity index (χ0) is 18.0. The highest BCUT2D eigenvalue weighted by Crippen LogP contribution is 2.35. The molecule has 0 aliphatic carbocycles. The first-order valence-electron chi connectivity index (χ1n) is 8.05. The molecule has 0 saturated carbocycles. The first kappa shape index (κ1) is 17.4. The average Bonchev–Trinajstić information content (AvgIpc) is 2.83. The third kappa shape index (κ3) is 3.51. The predicted octanol–water partition coefficient (Wildman–Crippen LogP) is 1.07. The number of ether oxygens (including phenoxy) is 1. The molecule has 9 heteroatoms. The maximum atomic E-state index is 12.5. The molecule has 134 valence electrons. The minimum absolute atomic E-state index is 0.00690. The van der Waals surface area contributed by atoms with Crippen LogP contribution < -0.4 is 10.2 Å². The molecule has 3 rings (SSSR count). The van der Waals surface area contributed by atoms with Crippen LogP contribution in [0.3, 0.4) is 0 Å².